The molecule has 0 atom stereocenters. The molecule has 1 aromatic rings. The Bertz CT molecular complexity index is 685. The summed E-state index contributed by atoms with van der Waals surface area (Å²) in [6, 6.07) is 4.90. The van der Waals surface area contributed by atoms with Crippen LogP contribution in [0.15, 0.2) is 18.2 Å². The van der Waals surface area contributed by atoms with Crippen molar-refractivity contribution in [2.24, 2.45) is 0 Å². The zero-order chi connectivity index (χ0) is 17.2. The van der Waals surface area contributed by atoms with Crippen molar-refractivity contribution in [2.45, 2.75) is 6.18 Å². The molecule has 1 heterocycles. The predicted octanol–water partition coefficient (Wildman–Crippen LogP) is 2.17. The lowest BCUT2D eigenvalue weighted by Crippen LogP contribution is -2.52. The smallest absolute Gasteiger partial charge is 0.328 e. The minimum Gasteiger partial charge on any atom is -0.328 e. The third kappa shape index (κ3) is 3.56. The Labute approximate surface area is 134 Å². The molecule has 9 heteroatoms. The molecular weight excluding hydrogens is 335 g/mol. The van der Waals surface area contributed by atoms with Crippen molar-refractivity contribution >= 4 is 23.4 Å². The maximum Gasteiger partial charge on any atom is 0.417 e. The highest BCUT2D eigenvalue weighted by atomic mass is 35.5. The van der Waals surface area contributed by atoms with Crippen LogP contribution < -0.4 is 0 Å². The first-order chi connectivity index (χ1) is 10.8. The van der Waals surface area contributed by atoms with Crippen LogP contribution in [0.1, 0.15) is 15.9 Å². The van der Waals surface area contributed by atoms with E-state index in [2.05, 4.69) is 0 Å². The van der Waals surface area contributed by atoms with Gasteiger partial charge in [-0.3, -0.25) is 9.59 Å². The van der Waals surface area contributed by atoms with Gasteiger partial charge in [-0.05, 0) is 12.1 Å². The lowest BCUT2D eigenvalue weighted by atomic mass is 10.1. The summed E-state index contributed by atoms with van der Waals surface area (Å²) in [5, 5.41) is 7.90. The van der Waals surface area contributed by atoms with E-state index in [9.17, 15) is 22.8 Å². The zero-order valence-electron chi connectivity index (χ0n) is 11.7. The fourth-order valence-electron chi connectivity index (χ4n) is 2.22. The molecule has 0 aromatic heterocycles. The lowest BCUT2D eigenvalue weighted by Gasteiger charge is -2.33. The molecule has 1 aromatic carbocycles. The van der Waals surface area contributed by atoms with E-state index >= 15 is 0 Å². The number of hydrogen-bond donors (Lipinski definition) is 0. The standard InChI is InChI=1S/C14H11ClF3N3O2/c15-12-9(2-1-3-10(12)14(16,17)18)13(23)21-7-6-20(5-4-19)11(22)8-21/h1-3H,5-8H2. The van der Waals surface area contributed by atoms with Crippen LogP contribution >= 0.6 is 11.6 Å². The molecule has 0 radical (unpaired) electrons. The minimum atomic E-state index is -4.67. The summed E-state index contributed by atoms with van der Waals surface area (Å²) < 4.78 is 38.5. The van der Waals surface area contributed by atoms with E-state index in [1.165, 1.54) is 11.0 Å². The number of halogens is 4. The molecule has 5 nitrogen and oxygen atoms in total. The van der Waals surface area contributed by atoms with E-state index in [4.69, 9.17) is 16.9 Å². The van der Waals surface area contributed by atoms with Gasteiger partial charge in [0.15, 0.2) is 0 Å². The van der Waals surface area contributed by atoms with E-state index in [1.807, 2.05) is 6.07 Å². The highest BCUT2D eigenvalue weighted by Gasteiger charge is 2.36. The highest BCUT2D eigenvalue weighted by molar-refractivity contribution is 6.34. The number of alkyl halides is 3. The minimum absolute atomic E-state index is 0.0921. The topological polar surface area (TPSA) is 64.4 Å². The molecule has 23 heavy (non-hydrogen) atoms. The van der Waals surface area contributed by atoms with Crippen molar-refractivity contribution in [3.8, 4) is 6.07 Å². The number of carbonyl (C=O) groups excluding carboxylic acids is 2. The molecule has 1 fully saturated rings. The van der Waals surface area contributed by atoms with Crippen LogP contribution in [0.4, 0.5) is 13.2 Å². The van der Waals surface area contributed by atoms with Crippen molar-refractivity contribution in [1.82, 2.24) is 9.80 Å². The summed E-state index contributed by atoms with van der Waals surface area (Å²) in [6.07, 6.45) is -4.67. The average Bonchev–Trinajstić information content (AvgIpc) is 2.48. The van der Waals surface area contributed by atoms with Gasteiger partial charge in [0.25, 0.3) is 5.91 Å². The van der Waals surface area contributed by atoms with Crippen molar-refractivity contribution in [2.75, 3.05) is 26.2 Å². The number of amides is 2. The van der Waals surface area contributed by atoms with Crippen molar-refractivity contribution in [1.29, 1.82) is 5.26 Å². The van der Waals surface area contributed by atoms with Gasteiger partial charge in [-0.1, -0.05) is 17.7 Å². The van der Waals surface area contributed by atoms with Gasteiger partial charge < -0.3 is 9.80 Å². The first-order valence-corrected chi connectivity index (χ1v) is 6.93. The number of benzene rings is 1. The number of rotatable bonds is 2. The summed E-state index contributed by atoms with van der Waals surface area (Å²) >= 11 is 5.72. The van der Waals surface area contributed by atoms with Crippen LogP contribution in [0.3, 0.4) is 0 Å². The summed E-state index contributed by atoms with van der Waals surface area (Å²) in [4.78, 5) is 26.6. The van der Waals surface area contributed by atoms with Gasteiger partial charge in [0.1, 0.15) is 13.1 Å². The van der Waals surface area contributed by atoms with Crippen molar-refractivity contribution in [3.05, 3.63) is 34.3 Å². The molecule has 1 saturated heterocycles. The summed E-state index contributed by atoms with van der Waals surface area (Å²) in [6.45, 7) is -0.119. The number of nitriles is 1. The third-order valence-electron chi connectivity index (χ3n) is 3.40. The molecule has 1 aliphatic heterocycles. The molecule has 0 saturated carbocycles. The normalized spacial score (nSPS) is 15.5. The number of piperazine rings is 1. The van der Waals surface area contributed by atoms with Gasteiger partial charge in [0.2, 0.25) is 5.91 Å². The molecule has 0 unspecified atom stereocenters. The number of carbonyl (C=O) groups is 2. The van der Waals surface area contributed by atoms with E-state index in [0.717, 1.165) is 17.0 Å². The van der Waals surface area contributed by atoms with Crippen LogP contribution in [0.25, 0.3) is 0 Å². The van der Waals surface area contributed by atoms with Crippen LogP contribution in [0.5, 0.6) is 0 Å². The third-order valence-corrected chi connectivity index (χ3v) is 3.81. The fourth-order valence-corrected chi connectivity index (χ4v) is 2.53. The van der Waals surface area contributed by atoms with Crippen LogP contribution in [-0.4, -0.2) is 47.8 Å². The van der Waals surface area contributed by atoms with Gasteiger partial charge in [-0.25, -0.2) is 0 Å². The molecule has 0 aliphatic carbocycles. The van der Waals surface area contributed by atoms with Crippen LogP contribution in [0, 0.1) is 11.3 Å². The molecule has 122 valence electrons. The highest BCUT2D eigenvalue weighted by Crippen LogP contribution is 2.36. The maximum absolute atomic E-state index is 12.8. The van der Waals surface area contributed by atoms with Gasteiger partial charge in [-0.15, -0.1) is 0 Å². The van der Waals surface area contributed by atoms with Gasteiger partial charge in [0, 0.05) is 13.1 Å². The second-order valence-corrected chi connectivity index (χ2v) is 5.24. The SMILES string of the molecule is N#CCN1CCN(C(=O)c2cccc(C(F)(F)F)c2Cl)CC1=O. The van der Waals surface area contributed by atoms with Crippen LogP contribution in [0.2, 0.25) is 5.02 Å². The molecule has 1 aliphatic rings. The Hall–Kier alpha value is -2.27. The van der Waals surface area contributed by atoms with E-state index in [0.29, 0.717) is 0 Å². The quantitative estimate of drug-likeness (QED) is 0.772. The Balaban J connectivity index is 2.23. The Kier molecular flexibility index (Phi) is 4.80. The van der Waals surface area contributed by atoms with Gasteiger partial charge in [-0.2, -0.15) is 18.4 Å². The molecule has 2 rings (SSSR count). The molecule has 2 amide bonds. The average molecular weight is 346 g/mol. The Morgan fingerprint density at radius 1 is 1.35 bits per heavy atom. The van der Waals surface area contributed by atoms with E-state index in [-0.39, 0.29) is 31.7 Å². The molecule has 0 spiro atoms. The molecule has 0 N–H and O–H groups in total. The lowest BCUT2D eigenvalue weighted by molar-refractivity contribution is -0.137. The maximum atomic E-state index is 12.8. The fraction of sp³-hybridized carbons (Fsp3) is 0.357. The number of hydrogen-bond acceptors (Lipinski definition) is 3. The summed E-state index contributed by atoms with van der Waals surface area (Å²) in [7, 11) is 0. The Morgan fingerprint density at radius 3 is 2.61 bits per heavy atom. The van der Waals surface area contributed by atoms with Crippen LogP contribution in [-0.2, 0) is 11.0 Å². The molecular formula is C14H11ClF3N3O2. The second-order valence-electron chi connectivity index (χ2n) is 4.86. The first kappa shape index (κ1) is 17.1. The summed E-state index contributed by atoms with van der Waals surface area (Å²) in [5.74, 6) is -1.18. The molecule has 0 bridgehead atoms. The van der Waals surface area contributed by atoms with Crippen molar-refractivity contribution < 1.29 is 22.8 Å². The van der Waals surface area contributed by atoms with Gasteiger partial charge in [0.05, 0.1) is 22.2 Å². The zero-order valence-corrected chi connectivity index (χ0v) is 12.5. The summed E-state index contributed by atoms with van der Waals surface area (Å²) in [5.41, 5.74) is -1.40. The van der Waals surface area contributed by atoms with Crippen molar-refractivity contribution in [3.63, 3.8) is 0 Å². The number of nitrogens with zero attached hydrogens (tertiary/aromatic N) is 3. The van der Waals surface area contributed by atoms with Gasteiger partial charge >= 0.3 is 6.18 Å². The largest absolute Gasteiger partial charge is 0.417 e. The second kappa shape index (κ2) is 6.46. The monoisotopic (exact) mass is 345 g/mol. The van der Waals surface area contributed by atoms with E-state index in [1.54, 1.807) is 0 Å². The first-order valence-electron chi connectivity index (χ1n) is 6.55. The predicted molar refractivity (Wildman–Crippen MR) is 74.6 cm³/mol. The Morgan fingerprint density at radius 2 is 2.04 bits per heavy atom. The van der Waals surface area contributed by atoms with E-state index < -0.39 is 28.6 Å².